The second-order valence-corrected chi connectivity index (χ2v) is 4.90. The summed E-state index contributed by atoms with van der Waals surface area (Å²) in [5.74, 6) is 0. The van der Waals surface area contributed by atoms with Crippen molar-refractivity contribution in [3.8, 4) is 0 Å². The van der Waals surface area contributed by atoms with Crippen molar-refractivity contribution in [2.45, 2.75) is 30.8 Å². The van der Waals surface area contributed by atoms with Crippen LogP contribution in [0.15, 0.2) is 17.6 Å². The van der Waals surface area contributed by atoms with Gasteiger partial charge in [-0.05, 0) is 19.4 Å². The molecule has 4 N–H and O–H groups in total. The molecular weight excluding hydrogens is 216 g/mol. The van der Waals surface area contributed by atoms with Gasteiger partial charge in [-0.15, -0.1) is 0 Å². The van der Waals surface area contributed by atoms with E-state index < -0.39 is 10.0 Å². The number of nitrogens with two attached hydrogens (primary N) is 1. The molecule has 0 fully saturated rings. The van der Waals surface area contributed by atoms with E-state index in [1.807, 2.05) is 6.92 Å². The highest BCUT2D eigenvalue weighted by Crippen LogP contribution is 2.06. The first-order valence-corrected chi connectivity index (χ1v) is 6.29. The molecule has 86 valence electrons. The molecular formula is C8H16N4O2S. The average Bonchev–Trinajstić information content (AvgIpc) is 2.70. The number of rotatable bonds is 6. The Morgan fingerprint density at radius 2 is 2.40 bits per heavy atom. The van der Waals surface area contributed by atoms with Crippen molar-refractivity contribution in [1.29, 1.82) is 0 Å². The summed E-state index contributed by atoms with van der Waals surface area (Å²) in [6.07, 6.45) is 3.95. The van der Waals surface area contributed by atoms with Crippen LogP contribution in [-0.2, 0) is 10.0 Å². The maximum absolute atomic E-state index is 11.7. The van der Waals surface area contributed by atoms with Crippen LogP contribution >= 0.6 is 0 Å². The number of sulfonamides is 1. The smallest absolute Gasteiger partial charge is 0.257 e. The van der Waals surface area contributed by atoms with Gasteiger partial charge in [-0.2, -0.15) is 0 Å². The van der Waals surface area contributed by atoms with Crippen LogP contribution in [0.25, 0.3) is 0 Å². The Balaban J connectivity index is 2.72. The predicted octanol–water partition coefficient (Wildman–Crippen LogP) is -0.185. The highest BCUT2D eigenvalue weighted by molar-refractivity contribution is 7.89. The summed E-state index contributed by atoms with van der Waals surface area (Å²) >= 11 is 0. The van der Waals surface area contributed by atoms with Crippen molar-refractivity contribution in [2.75, 3.05) is 6.54 Å². The normalized spacial score (nSPS) is 14.0. The SMILES string of the molecule is CCC(CCN)NS(=O)(=O)c1cnc[nH]1. The van der Waals surface area contributed by atoms with Gasteiger partial charge in [0.15, 0.2) is 5.03 Å². The van der Waals surface area contributed by atoms with Crippen LogP contribution in [0.3, 0.4) is 0 Å². The van der Waals surface area contributed by atoms with Gasteiger partial charge in [0.25, 0.3) is 10.0 Å². The third-order valence-electron chi connectivity index (χ3n) is 2.09. The molecule has 6 nitrogen and oxygen atoms in total. The van der Waals surface area contributed by atoms with Gasteiger partial charge in [-0.25, -0.2) is 18.1 Å². The zero-order valence-corrected chi connectivity index (χ0v) is 9.42. The molecule has 0 aliphatic carbocycles. The second-order valence-electron chi connectivity index (χ2n) is 3.22. The molecule has 1 unspecified atom stereocenters. The summed E-state index contributed by atoms with van der Waals surface area (Å²) < 4.78 is 26.0. The molecule has 0 aromatic carbocycles. The Kier molecular flexibility index (Phi) is 4.25. The van der Waals surface area contributed by atoms with Crippen LogP contribution in [0.4, 0.5) is 0 Å². The van der Waals surface area contributed by atoms with E-state index in [4.69, 9.17) is 5.73 Å². The molecule has 0 aliphatic rings. The summed E-state index contributed by atoms with van der Waals surface area (Å²) in [7, 11) is -3.47. The van der Waals surface area contributed by atoms with E-state index in [-0.39, 0.29) is 11.1 Å². The lowest BCUT2D eigenvalue weighted by Gasteiger charge is -2.14. The van der Waals surface area contributed by atoms with Crippen LogP contribution in [0.1, 0.15) is 19.8 Å². The van der Waals surface area contributed by atoms with Crippen LogP contribution in [-0.4, -0.2) is 31.0 Å². The topological polar surface area (TPSA) is 101 Å². The first-order chi connectivity index (χ1) is 7.10. The molecule has 0 amide bonds. The molecule has 1 rings (SSSR count). The summed E-state index contributed by atoms with van der Waals surface area (Å²) in [5.41, 5.74) is 5.39. The zero-order valence-electron chi connectivity index (χ0n) is 8.60. The fourth-order valence-corrected chi connectivity index (χ4v) is 2.48. The predicted molar refractivity (Wildman–Crippen MR) is 56.7 cm³/mol. The summed E-state index contributed by atoms with van der Waals surface area (Å²) in [4.78, 5) is 6.22. The Hall–Kier alpha value is -0.920. The molecule has 1 heterocycles. The summed E-state index contributed by atoms with van der Waals surface area (Å²) in [6, 6.07) is -0.122. The van der Waals surface area contributed by atoms with E-state index in [9.17, 15) is 8.42 Å². The van der Waals surface area contributed by atoms with Crippen molar-refractivity contribution in [3.05, 3.63) is 12.5 Å². The van der Waals surface area contributed by atoms with Crippen molar-refractivity contribution in [1.82, 2.24) is 14.7 Å². The lowest BCUT2D eigenvalue weighted by molar-refractivity contribution is 0.519. The second kappa shape index (κ2) is 5.24. The van der Waals surface area contributed by atoms with Gasteiger partial charge in [-0.3, -0.25) is 0 Å². The fourth-order valence-electron chi connectivity index (χ4n) is 1.22. The van der Waals surface area contributed by atoms with Crippen molar-refractivity contribution in [2.24, 2.45) is 5.73 Å². The maximum atomic E-state index is 11.7. The summed E-state index contributed by atoms with van der Waals surface area (Å²) in [6.45, 7) is 2.37. The Morgan fingerprint density at radius 3 is 2.87 bits per heavy atom. The largest absolute Gasteiger partial charge is 0.335 e. The number of hydrogen-bond donors (Lipinski definition) is 3. The number of nitrogens with zero attached hydrogens (tertiary/aromatic N) is 1. The molecule has 0 aliphatic heterocycles. The molecule has 15 heavy (non-hydrogen) atoms. The summed E-state index contributed by atoms with van der Waals surface area (Å²) in [5, 5.41) is 0.0815. The monoisotopic (exact) mass is 232 g/mol. The highest BCUT2D eigenvalue weighted by atomic mass is 32.2. The van der Waals surface area contributed by atoms with Crippen LogP contribution in [0, 0.1) is 0 Å². The van der Waals surface area contributed by atoms with Gasteiger partial charge < -0.3 is 10.7 Å². The third-order valence-corrected chi connectivity index (χ3v) is 3.54. The fraction of sp³-hybridized carbons (Fsp3) is 0.625. The van der Waals surface area contributed by atoms with Crippen LogP contribution < -0.4 is 10.5 Å². The van der Waals surface area contributed by atoms with Gasteiger partial charge >= 0.3 is 0 Å². The minimum Gasteiger partial charge on any atom is -0.335 e. The first-order valence-electron chi connectivity index (χ1n) is 4.81. The van der Waals surface area contributed by atoms with Gasteiger partial charge in [0.05, 0.1) is 12.5 Å². The molecule has 0 bridgehead atoms. The number of aromatic nitrogens is 2. The molecule has 1 aromatic rings. The Bertz CT molecular complexity index is 373. The van der Waals surface area contributed by atoms with Crippen LogP contribution in [0.5, 0.6) is 0 Å². The molecule has 0 spiro atoms. The maximum Gasteiger partial charge on any atom is 0.257 e. The van der Waals surface area contributed by atoms with Gasteiger partial charge in [0.1, 0.15) is 0 Å². The average molecular weight is 232 g/mol. The molecule has 7 heteroatoms. The van der Waals surface area contributed by atoms with Gasteiger partial charge in [0, 0.05) is 6.04 Å². The lowest BCUT2D eigenvalue weighted by Crippen LogP contribution is -2.36. The highest BCUT2D eigenvalue weighted by Gasteiger charge is 2.19. The van der Waals surface area contributed by atoms with E-state index in [2.05, 4.69) is 14.7 Å². The minimum absolute atomic E-state index is 0.0815. The van der Waals surface area contributed by atoms with Crippen LogP contribution in [0.2, 0.25) is 0 Å². The third kappa shape index (κ3) is 3.29. The van der Waals surface area contributed by atoms with Crippen molar-refractivity contribution in [3.63, 3.8) is 0 Å². The number of nitrogens with one attached hydrogen (secondary N) is 2. The van der Waals surface area contributed by atoms with E-state index in [1.54, 1.807) is 0 Å². The quantitative estimate of drug-likeness (QED) is 0.633. The molecule has 0 radical (unpaired) electrons. The van der Waals surface area contributed by atoms with Crippen molar-refractivity contribution < 1.29 is 8.42 Å². The number of imidazole rings is 1. The first kappa shape index (κ1) is 12.2. The minimum atomic E-state index is -3.47. The molecule has 0 saturated carbocycles. The van der Waals surface area contributed by atoms with E-state index in [0.29, 0.717) is 19.4 Å². The molecule has 1 aromatic heterocycles. The number of H-pyrrole nitrogens is 1. The van der Waals surface area contributed by atoms with E-state index in [1.165, 1.54) is 12.5 Å². The standard InChI is InChI=1S/C8H16N4O2S/c1-2-7(3-4-9)12-15(13,14)8-5-10-6-11-8/h5-7,12H,2-4,9H2,1H3,(H,10,11). The van der Waals surface area contributed by atoms with Gasteiger partial charge in [-0.1, -0.05) is 6.92 Å². The van der Waals surface area contributed by atoms with Crippen molar-refractivity contribution >= 4 is 10.0 Å². The molecule has 1 atom stereocenters. The Morgan fingerprint density at radius 1 is 1.67 bits per heavy atom. The molecule has 0 saturated heterocycles. The van der Waals surface area contributed by atoms with E-state index >= 15 is 0 Å². The van der Waals surface area contributed by atoms with Gasteiger partial charge in [0.2, 0.25) is 0 Å². The van der Waals surface area contributed by atoms with E-state index in [0.717, 1.165) is 0 Å². The number of hydrogen-bond acceptors (Lipinski definition) is 4. The number of aromatic amines is 1. The lowest BCUT2D eigenvalue weighted by atomic mass is 10.2. The zero-order chi connectivity index (χ0) is 11.3. The Labute approximate surface area is 89.3 Å².